The van der Waals surface area contributed by atoms with E-state index in [0.29, 0.717) is 0 Å². The van der Waals surface area contributed by atoms with Crippen molar-refractivity contribution in [3.8, 4) is 0 Å². The number of primary amides is 1. The van der Waals surface area contributed by atoms with Crippen LogP contribution in [-0.4, -0.2) is 39.1 Å². The second-order valence-electron chi connectivity index (χ2n) is 3.50. The molecule has 18 heavy (non-hydrogen) atoms. The number of carbonyl (C=O) groups is 3. The summed E-state index contributed by atoms with van der Waals surface area (Å²) < 4.78 is 0. The van der Waals surface area contributed by atoms with Crippen LogP contribution in [0.5, 0.6) is 0 Å². The molecule has 0 aliphatic rings. The largest absolute Gasteiger partial charge is 0.480 e. The number of amides is 2. The Bertz CT molecular complexity index is 448. The molecule has 0 aromatic carbocycles. The summed E-state index contributed by atoms with van der Waals surface area (Å²) in [5, 5.41) is 18.2. The van der Waals surface area contributed by atoms with Gasteiger partial charge in [0.15, 0.2) is 0 Å². The molecule has 1 heterocycles. The number of nitrogens with two attached hydrogens (primary N) is 1. The number of nitrogens with one attached hydrogen (secondary N) is 1. The number of aliphatic carboxylic acids is 1. The third-order valence-corrected chi connectivity index (χ3v) is 2.13. The van der Waals surface area contributed by atoms with Gasteiger partial charge in [0.05, 0.1) is 18.0 Å². The first-order chi connectivity index (χ1) is 8.50. The summed E-state index contributed by atoms with van der Waals surface area (Å²) in [5.74, 6) is -2.45. The molecular weight excluding hydrogens is 240 g/mol. The Labute approximate surface area is 102 Å². The Morgan fingerprint density at radius 3 is 2.61 bits per heavy atom. The third-order valence-electron chi connectivity index (χ3n) is 2.13. The van der Waals surface area contributed by atoms with Gasteiger partial charge in [-0.1, -0.05) is 0 Å². The topological polar surface area (TPSA) is 135 Å². The number of nitrogens with zero attached hydrogens (tertiary/aromatic N) is 2. The van der Waals surface area contributed by atoms with Crippen LogP contribution in [0.2, 0.25) is 0 Å². The van der Waals surface area contributed by atoms with Crippen LogP contribution < -0.4 is 11.1 Å². The van der Waals surface area contributed by atoms with Crippen molar-refractivity contribution < 1.29 is 19.5 Å². The number of carbonyl (C=O) groups excluding carboxylic acids is 2. The van der Waals surface area contributed by atoms with Gasteiger partial charge in [0.1, 0.15) is 6.04 Å². The smallest absolute Gasteiger partial charge is 0.326 e. The Morgan fingerprint density at radius 1 is 1.39 bits per heavy atom. The lowest BCUT2D eigenvalue weighted by Gasteiger charge is -2.13. The molecule has 1 rings (SSSR count). The van der Waals surface area contributed by atoms with Crippen LogP contribution in [-0.2, 0) is 9.59 Å². The number of carboxylic acids is 1. The molecule has 2 amide bonds. The van der Waals surface area contributed by atoms with Crippen LogP contribution >= 0.6 is 0 Å². The summed E-state index contributed by atoms with van der Waals surface area (Å²) in [5.41, 5.74) is 5.11. The third kappa shape index (κ3) is 4.16. The number of hydrogen-bond donors (Lipinski definition) is 3. The van der Waals surface area contributed by atoms with E-state index in [1.807, 2.05) is 0 Å². The summed E-state index contributed by atoms with van der Waals surface area (Å²) >= 11 is 0. The molecular formula is C10H12N4O4. The Morgan fingerprint density at radius 2 is 2.11 bits per heavy atom. The molecule has 0 spiro atoms. The van der Waals surface area contributed by atoms with E-state index in [9.17, 15) is 14.4 Å². The van der Waals surface area contributed by atoms with Crippen LogP contribution in [0, 0.1) is 0 Å². The van der Waals surface area contributed by atoms with Crippen LogP contribution in [0.15, 0.2) is 18.5 Å². The van der Waals surface area contributed by atoms with Crippen molar-refractivity contribution in [1.29, 1.82) is 0 Å². The predicted molar refractivity (Wildman–Crippen MR) is 59.4 cm³/mol. The van der Waals surface area contributed by atoms with Gasteiger partial charge in [-0.15, -0.1) is 0 Å². The standard InChI is InChI=1S/C10H12N4O4/c11-8(15)2-1-7(10(17)18)14-9(16)6-3-4-12-13-5-6/h3-5,7H,1-2H2,(H2,11,15)(H,14,16)(H,17,18)/t7-/m1/s1. The van der Waals surface area contributed by atoms with Gasteiger partial charge < -0.3 is 16.2 Å². The Kier molecular flexibility index (Phi) is 4.73. The van der Waals surface area contributed by atoms with Gasteiger partial charge >= 0.3 is 5.97 Å². The summed E-state index contributed by atoms with van der Waals surface area (Å²) in [7, 11) is 0. The van der Waals surface area contributed by atoms with Crippen LogP contribution in [0.3, 0.4) is 0 Å². The number of carboxylic acid groups (broad SMARTS) is 1. The lowest BCUT2D eigenvalue weighted by Crippen LogP contribution is -2.41. The van der Waals surface area contributed by atoms with Gasteiger partial charge in [0.2, 0.25) is 5.91 Å². The average molecular weight is 252 g/mol. The maximum atomic E-state index is 11.6. The zero-order valence-electron chi connectivity index (χ0n) is 9.37. The summed E-state index contributed by atoms with van der Waals surface area (Å²) in [6, 6.07) is 0.230. The fourth-order valence-corrected chi connectivity index (χ4v) is 1.21. The molecule has 0 saturated heterocycles. The molecule has 1 aromatic rings. The van der Waals surface area contributed by atoms with E-state index in [2.05, 4.69) is 15.5 Å². The Balaban J connectivity index is 2.64. The van der Waals surface area contributed by atoms with E-state index in [-0.39, 0.29) is 18.4 Å². The van der Waals surface area contributed by atoms with E-state index in [1.54, 1.807) is 0 Å². The highest BCUT2D eigenvalue weighted by atomic mass is 16.4. The Hall–Kier alpha value is -2.51. The van der Waals surface area contributed by atoms with Gasteiger partial charge in [-0.25, -0.2) is 4.79 Å². The lowest BCUT2D eigenvalue weighted by atomic mass is 10.1. The first-order valence-electron chi connectivity index (χ1n) is 5.09. The molecule has 0 bridgehead atoms. The molecule has 0 aliphatic heterocycles. The van der Waals surface area contributed by atoms with E-state index >= 15 is 0 Å². The average Bonchev–Trinajstić information content (AvgIpc) is 2.34. The van der Waals surface area contributed by atoms with E-state index in [4.69, 9.17) is 10.8 Å². The van der Waals surface area contributed by atoms with Crippen molar-refractivity contribution in [2.45, 2.75) is 18.9 Å². The maximum Gasteiger partial charge on any atom is 0.326 e. The fraction of sp³-hybridized carbons (Fsp3) is 0.300. The second-order valence-corrected chi connectivity index (χ2v) is 3.50. The number of hydrogen-bond acceptors (Lipinski definition) is 5. The lowest BCUT2D eigenvalue weighted by molar-refractivity contribution is -0.139. The molecule has 0 radical (unpaired) electrons. The van der Waals surface area contributed by atoms with Gasteiger partial charge in [0, 0.05) is 6.42 Å². The SMILES string of the molecule is NC(=O)CC[C@@H](NC(=O)c1ccnnc1)C(=O)O. The van der Waals surface area contributed by atoms with E-state index in [0.717, 1.165) is 0 Å². The van der Waals surface area contributed by atoms with E-state index < -0.39 is 23.8 Å². The minimum Gasteiger partial charge on any atom is -0.480 e. The summed E-state index contributed by atoms with van der Waals surface area (Å²) in [4.78, 5) is 33.1. The molecule has 0 unspecified atom stereocenters. The minimum atomic E-state index is -1.23. The fourth-order valence-electron chi connectivity index (χ4n) is 1.21. The quantitative estimate of drug-likeness (QED) is 0.589. The van der Waals surface area contributed by atoms with Gasteiger partial charge in [-0.05, 0) is 12.5 Å². The molecule has 0 fully saturated rings. The molecule has 96 valence electrons. The molecule has 0 saturated carbocycles. The maximum absolute atomic E-state index is 11.6. The normalized spacial score (nSPS) is 11.6. The summed E-state index contributed by atoms with van der Waals surface area (Å²) in [6.45, 7) is 0. The van der Waals surface area contributed by atoms with Crippen LogP contribution in [0.1, 0.15) is 23.2 Å². The first kappa shape index (κ1) is 13.6. The van der Waals surface area contributed by atoms with Gasteiger partial charge in [-0.3, -0.25) is 9.59 Å². The molecule has 0 aliphatic carbocycles. The zero-order valence-corrected chi connectivity index (χ0v) is 9.37. The molecule has 4 N–H and O–H groups in total. The molecule has 8 nitrogen and oxygen atoms in total. The first-order valence-corrected chi connectivity index (χ1v) is 5.09. The monoisotopic (exact) mass is 252 g/mol. The van der Waals surface area contributed by atoms with Crippen LogP contribution in [0.25, 0.3) is 0 Å². The number of rotatable bonds is 6. The molecule has 8 heteroatoms. The summed E-state index contributed by atoms with van der Waals surface area (Å²) in [6.07, 6.45) is 2.34. The molecule has 1 aromatic heterocycles. The molecule has 1 atom stereocenters. The van der Waals surface area contributed by atoms with Crippen molar-refractivity contribution in [2.75, 3.05) is 0 Å². The van der Waals surface area contributed by atoms with Crippen LogP contribution in [0.4, 0.5) is 0 Å². The van der Waals surface area contributed by atoms with Crippen molar-refractivity contribution in [3.63, 3.8) is 0 Å². The second kappa shape index (κ2) is 6.28. The van der Waals surface area contributed by atoms with Crippen molar-refractivity contribution in [2.24, 2.45) is 5.73 Å². The number of aromatic nitrogens is 2. The van der Waals surface area contributed by atoms with Crippen molar-refractivity contribution in [1.82, 2.24) is 15.5 Å². The van der Waals surface area contributed by atoms with Gasteiger partial charge in [-0.2, -0.15) is 10.2 Å². The van der Waals surface area contributed by atoms with Gasteiger partial charge in [0.25, 0.3) is 5.91 Å². The van der Waals surface area contributed by atoms with Crippen molar-refractivity contribution >= 4 is 17.8 Å². The predicted octanol–water partition coefficient (Wildman–Crippen LogP) is -1.07. The highest BCUT2D eigenvalue weighted by Crippen LogP contribution is 2.01. The minimum absolute atomic E-state index is 0.0606. The van der Waals surface area contributed by atoms with Crippen molar-refractivity contribution in [3.05, 3.63) is 24.0 Å². The zero-order chi connectivity index (χ0) is 13.5. The highest BCUT2D eigenvalue weighted by molar-refractivity contribution is 5.96. The van der Waals surface area contributed by atoms with E-state index in [1.165, 1.54) is 18.5 Å². The highest BCUT2D eigenvalue weighted by Gasteiger charge is 2.21.